The molecule has 3 aliphatic rings. The van der Waals surface area contributed by atoms with Gasteiger partial charge in [0.15, 0.2) is 0 Å². The molecule has 2 bridgehead atoms. The fraction of sp³-hybridized carbons (Fsp3) is 0.625. The summed E-state index contributed by atoms with van der Waals surface area (Å²) in [6.45, 7) is 0.381. The molecule has 3 aliphatic carbocycles. The predicted molar refractivity (Wildman–Crippen MR) is 71.9 cm³/mol. The number of ether oxygens (including phenoxy) is 1. The molecule has 0 saturated heterocycles. The molecule has 0 atom stereocenters. The summed E-state index contributed by atoms with van der Waals surface area (Å²) in [5, 5.41) is 9.57. The maximum atomic E-state index is 9.57. The van der Waals surface area contributed by atoms with E-state index in [9.17, 15) is 5.11 Å². The number of hydrogen-bond acceptors (Lipinski definition) is 2. The van der Waals surface area contributed by atoms with Crippen molar-refractivity contribution in [1.29, 1.82) is 0 Å². The van der Waals surface area contributed by atoms with Crippen molar-refractivity contribution in [3.63, 3.8) is 0 Å². The highest BCUT2D eigenvalue weighted by molar-refractivity contribution is 5.34. The van der Waals surface area contributed by atoms with E-state index in [0.29, 0.717) is 12.0 Å². The van der Waals surface area contributed by atoms with E-state index in [4.69, 9.17) is 4.74 Å². The highest BCUT2D eigenvalue weighted by Crippen LogP contribution is 2.57. The van der Waals surface area contributed by atoms with E-state index in [1.165, 1.54) is 44.1 Å². The number of hydrogen-bond donors (Lipinski definition) is 1. The predicted octanol–water partition coefficient (Wildman–Crippen LogP) is 3.28. The van der Waals surface area contributed by atoms with Crippen molar-refractivity contribution in [2.45, 2.75) is 43.9 Å². The molecule has 0 aromatic heterocycles. The average Bonchev–Trinajstić information content (AvgIpc) is 2.49. The van der Waals surface area contributed by atoms with Crippen LogP contribution in [-0.4, -0.2) is 18.8 Å². The van der Waals surface area contributed by atoms with Crippen molar-refractivity contribution >= 4 is 0 Å². The second-order valence-electron chi connectivity index (χ2n) is 6.17. The van der Waals surface area contributed by atoms with Crippen LogP contribution in [0.4, 0.5) is 0 Å². The highest BCUT2D eigenvalue weighted by atomic mass is 16.5. The average molecular weight is 246 g/mol. The van der Waals surface area contributed by atoms with Crippen LogP contribution < -0.4 is 4.74 Å². The van der Waals surface area contributed by atoms with E-state index < -0.39 is 0 Å². The van der Waals surface area contributed by atoms with Gasteiger partial charge in [-0.05, 0) is 67.1 Å². The van der Waals surface area contributed by atoms with Crippen LogP contribution in [0.3, 0.4) is 0 Å². The molecule has 2 nitrogen and oxygen atoms in total. The molecule has 0 spiro atoms. The Hall–Kier alpha value is -1.02. The molecule has 0 aliphatic heterocycles. The van der Waals surface area contributed by atoms with Gasteiger partial charge in [0.25, 0.3) is 0 Å². The summed E-state index contributed by atoms with van der Waals surface area (Å²) in [5.74, 6) is 0.937. The van der Waals surface area contributed by atoms with Gasteiger partial charge in [0.05, 0.1) is 7.11 Å². The zero-order valence-electron chi connectivity index (χ0n) is 11.1. The number of fused-ring (bicyclic) bond motifs is 3. The van der Waals surface area contributed by atoms with Crippen molar-refractivity contribution in [2.24, 2.45) is 5.41 Å². The van der Waals surface area contributed by atoms with Gasteiger partial charge in [0, 0.05) is 6.61 Å². The molecule has 0 radical (unpaired) electrons. The summed E-state index contributed by atoms with van der Waals surface area (Å²) in [6, 6.07) is 8.62. The first-order valence-electron chi connectivity index (χ1n) is 6.97. The van der Waals surface area contributed by atoms with Crippen molar-refractivity contribution in [1.82, 2.24) is 0 Å². The second kappa shape index (κ2) is 4.27. The zero-order chi connectivity index (χ0) is 12.6. The first kappa shape index (κ1) is 12.0. The van der Waals surface area contributed by atoms with Crippen LogP contribution in [0.2, 0.25) is 0 Å². The normalized spacial score (nSPS) is 34.6. The lowest BCUT2D eigenvalue weighted by Gasteiger charge is -2.53. The van der Waals surface area contributed by atoms with Gasteiger partial charge in [0.2, 0.25) is 0 Å². The Labute approximate surface area is 109 Å². The fourth-order valence-corrected chi connectivity index (χ4v) is 3.88. The Balaban J connectivity index is 1.84. The molecule has 0 unspecified atom stereocenters. The molecule has 98 valence electrons. The quantitative estimate of drug-likeness (QED) is 0.887. The zero-order valence-corrected chi connectivity index (χ0v) is 11.1. The lowest BCUT2D eigenvalue weighted by molar-refractivity contribution is -0.00689. The topological polar surface area (TPSA) is 29.5 Å². The van der Waals surface area contributed by atoms with E-state index in [-0.39, 0.29) is 5.41 Å². The minimum atomic E-state index is 0.258. The largest absolute Gasteiger partial charge is 0.497 e. The minimum Gasteiger partial charge on any atom is -0.497 e. The molecular formula is C16H22O2. The van der Waals surface area contributed by atoms with Gasteiger partial charge in [-0.1, -0.05) is 12.1 Å². The minimum absolute atomic E-state index is 0.258. The number of methoxy groups -OCH3 is 1. The third-order valence-corrected chi connectivity index (χ3v) is 5.44. The third-order valence-electron chi connectivity index (χ3n) is 5.44. The van der Waals surface area contributed by atoms with E-state index in [1.54, 1.807) is 7.11 Å². The summed E-state index contributed by atoms with van der Waals surface area (Å²) in [6.07, 6.45) is 7.28. The summed E-state index contributed by atoms with van der Waals surface area (Å²) in [5.41, 5.74) is 2.10. The van der Waals surface area contributed by atoms with Crippen LogP contribution in [0.5, 0.6) is 5.75 Å². The molecular weight excluding hydrogens is 224 g/mol. The first-order chi connectivity index (χ1) is 8.72. The number of aliphatic hydroxyl groups is 1. The molecule has 1 N–H and O–H groups in total. The lowest BCUT2D eigenvalue weighted by atomic mass is 9.52. The SMILES string of the molecule is COc1ccc(C23CCC(CO)(CC2)CC3)cc1. The monoisotopic (exact) mass is 246 g/mol. The van der Waals surface area contributed by atoms with Gasteiger partial charge in [-0.2, -0.15) is 0 Å². The molecule has 2 heteroatoms. The van der Waals surface area contributed by atoms with Crippen LogP contribution in [0.1, 0.15) is 44.1 Å². The second-order valence-corrected chi connectivity index (χ2v) is 6.17. The Morgan fingerprint density at radius 2 is 1.56 bits per heavy atom. The van der Waals surface area contributed by atoms with Crippen LogP contribution >= 0.6 is 0 Å². The standard InChI is InChI=1S/C16H22O2/c1-18-14-4-2-13(3-5-14)16-9-6-15(12-17,7-10-16)8-11-16/h2-5,17H,6-12H2,1H3. The number of rotatable bonds is 3. The molecule has 0 heterocycles. The van der Waals surface area contributed by atoms with Gasteiger partial charge in [-0.25, -0.2) is 0 Å². The lowest BCUT2D eigenvalue weighted by Crippen LogP contribution is -2.45. The van der Waals surface area contributed by atoms with Crippen molar-refractivity contribution in [2.75, 3.05) is 13.7 Å². The summed E-state index contributed by atoms with van der Waals surface area (Å²) in [4.78, 5) is 0. The molecule has 4 rings (SSSR count). The Morgan fingerprint density at radius 1 is 1.00 bits per heavy atom. The molecule has 3 saturated carbocycles. The molecule has 3 fully saturated rings. The van der Waals surface area contributed by atoms with Crippen LogP contribution in [0.25, 0.3) is 0 Å². The summed E-state index contributed by atoms with van der Waals surface area (Å²) >= 11 is 0. The van der Waals surface area contributed by atoms with Gasteiger partial charge in [0.1, 0.15) is 5.75 Å². The Kier molecular flexibility index (Phi) is 2.86. The number of aliphatic hydroxyl groups excluding tert-OH is 1. The summed E-state index contributed by atoms with van der Waals surface area (Å²) < 4.78 is 5.23. The van der Waals surface area contributed by atoms with Crippen LogP contribution in [0.15, 0.2) is 24.3 Å². The van der Waals surface area contributed by atoms with E-state index >= 15 is 0 Å². The molecule has 18 heavy (non-hydrogen) atoms. The van der Waals surface area contributed by atoms with Crippen LogP contribution in [-0.2, 0) is 5.41 Å². The van der Waals surface area contributed by atoms with Gasteiger partial charge >= 0.3 is 0 Å². The van der Waals surface area contributed by atoms with Gasteiger partial charge in [-0.3, -0.25) is 0 Å². The van der Waals surface area contributed by atoms with E-state index in [0.717, 1.165) is 5.75 Å². The summed E-state index contributed by atoms with van der Waals surface area (Å²) in [7, 11) is 1.71. The van der Waals surface area contributed by atoms with Gasteiger partial charge in [-0.15, -0.1) is 0 Å². The van der Waals surface area contributed by atoms with Crippen molar-refractivity contribution in [3.8, 4) is 5.75 Å². The van der Waals surface area contributed by atoms with Gasteiger partial charge < -0.3 is 9.84 Å². The van der Waals surface area contributed by atoms with E-state index in [2.05, 4.69) is 24.3 Å². The van der Waals surface area contributed by atoms with Crippen LogP contribution in [0, 0.1) is 5.41 Å². The molecule has 1 aromatic carbocycles. The maximum absolute atomic E-state index is 9.57. The highest BCUT2D eigenvalue weighted by Gasteiger charge is 2.48. The third kappa shape index (κ3) is 1.74. The first-order valence-corrected chi connectivity index (χ1v) is 6.97. The Morgan fingerprint density at radius 3 is 2.00 bits per heavy atom. The molecule has 0 amide bonds. The van der Waals surface area contributed by atoms with Crippen molar-refractivity contribution < 1.29 is 9.84 Å². The number of benzene rings is 1. The van der Waals surface area contributed by atoms with E-state index in [1.807, 2.05) is 0 Å². The molecule has 1 aromatic rings. The maximum Gasteiger partial charge on any atom is 0.118 e. The van der Waals surface area contributed by atoms with Crippen molar-refractivity contribution in [3.05, 3.63) is 29.8 Å². The smallest absolute Gasteiger partial charge is 0.118 e. The Bertz CT molecular complexity index is 397. The fourth-order valence-electron chi connectivity index (χ4n) is 3.88.